The van der Waals surface area contributed by atoms with Crippen LogP contribution in [-0.4, -0.2) is 34.7 Å². The second-order valence-electron chi connectivity index (χ2n) is 2.91. The quantitative estimate of drug-likeness (QED) is 0.305. The number of rotatable bonds is 7. The predicted molar refractivity (Wildman–Crippen MR) is 85.0 cm³/mol. The molecule has 0 bridgehead atoms. The first-order chi connectivity index (χ1) is 5.27. The van der Waals surface area contributed by atoms with Crippen LogP contribution in [0.25, 0.3) is 0 Å². The summed E-state index contributed by atoms with van der Waals surface area (Å²) in [6.07, 6.45) is 7.25. The van der Waals surface area contributed by atoms with Gasteiger partial charge in [-0.05, 0) is 6.42 Å². The summed E-state index contributed by atoms with van der Waals surface area (Å²) in [5.41, 5.74) is 0. The van der Waals surface area contributed by atoms with E-state index in [1.165, 1.54) is 25.7 Å². The van der Waals surface area contributed by atoms with E-state index in [9.17, 15) is 4.79 Å². The molecule has 0 amide bonds. The molecule has 14 heavy (non-hydrogen) atoms. The van der Waals surface area contributed by atoms with Crippen LogP contribution in [0, 0.1) is 0 Å². The second kappa shape index (κ2) is 20.2. The van der Waals surface area contributed by atoms with Crippen LogP contribution in [0.4, 0.5) is 0 Å². The first-order valence-electron chi connectivity index (χ1n) is 4.49. The molecular weight excluding hydrogens is 522 g/mol. The van der Waals surface area contributed by atoms with Gasteiger partial charge in [0.1, 0.15) is 0 Å². The third-order valence-electron chi connectivity index (χ3n) is 1.74. The number of aliphatic carboxylic acids is 1. The van der Waals surface area contributed by atoms with E-state index in [0.29, 0.717) is 6.42 Å². The third kappa shape index (κ3) is 23.5. The van der Waals surface area contributed by atoms with Crippen molar-refractivity contribution >= 4 is 77.6 Å². The number of halogens is 2. The first kappa shape index (κ1) is 24.8. The molecule has 1 N–H and O–H groups in total. The molecule has 0 atom stereocenters. The van der Waals surface area contributed by atoms with Crippen molar-refractivity contribution in [1.29, 1.82) is 0 Å². The molecule has 0 radical (unpaired) electrons. The van der Waals surface area contributed by atoms with Gasteiger partial charge in [-0.15, -0.1) is 48.0 Å². The van der Waals surface area contributed by atoms with Gasteiger partial charge in [0.05, 0.1) is 0 Å². The zero-order valence-corrected chi connectivity index (χ0v) is 16.1. The van der Waals surface area contributed by atoms with Crippen LogP contribution in [-0.2, 0) is 4.79 Å². The first-order valence-corrected chi connectivity index (χ1v) is 4.49. The Balaban J connectivity index is -0.000000167. The molecule has 0 fully saturated rings. The predicted octanol–water partition coefficient (Wildman–Crippen LogP) is 3.14. The van der Waals surface area contributed by atoms with Gasteiger partial charge in [-0.3, -0.25) is 4.79 Å². The molecule has 0 aliphatic heterocycles. The van der Waals surface area contributed by atoms with Crippen LogP contribution < -0.4 is 0 Å². The minimum absolute atomic E-state index is 0. The molecule has 0 spiro atoms. The van der Waals surface area contributed by atoms with Gasteiger partial charge in [-0.25, -0.2) is 0 Å². The molecule has 0 aliphatic rings. The van der Waals surface area contributed by atoms with Crippen LogP contribution in [0.3, 0.4) is 0 Å². The monoisotopic (exact) mass is 546 g/mol. The fourth-order valence-corrected chi connectivity index (χ4v) is 1.06. The molecule has 0 saturated heterocycles. The zero-order valence-electron chi connectivity index (χ0n) is 8.62. The molecule has 0 aromatic heterocycles. The van der Waals surface area contributed by atoms with Crippen molar-refractivity contribution in [2.24, 2.45) is 0 Å². The van der Waals surface area contributed by atoms with E-state index < -0.39 is 5.97 Å². The van der Waals surface area contributed by atoms with Gasteiger partial charge < -0.3 is 5.11 Å². The summed E-state index contributed by atoms with van der Waals surface area (Å²) in [5, 5.41) is 8.32. The SMILES string of the molecule is CCCCCCCCC(=O)O.I.I.[TeH2]. The standard InChI is InChI=1S/C9H18O2.2HI.H2Te/c1-2-3-4-5-6-7-8-9(10)11;;;/h2-8H2,1H3,(H,10,11);2*1H;1H2. The third-order valence-corrected chi connectivity index (χ3v) is 1.74. The van der Waals surface area contributed by atoms with Gasteiger partial charge in [0.15, 0.2) is 0 Å². The minimum atomic E-state index is -0.666. The molecule has 0 heterocycles. The summed E-state index contributed by atoms with van der Waals surface area (Å²) in [5.74, 6) is -0.666. The van der Waals surface area contributed by atoms with Gasteiger partial charge in [0.25, 0.3) is 0 Å². The van der Waals surface area contributed by atoms with Gasteiger partial charge >= 0.3 is 29.6 Å². The average Bonchev–Trinajstić information content (AvgIpc) is 1.96. The maximum absolute atomic E-state index is 10.1. The molecule has 0 aromatic carbocycles. The Morgan fingerprint density at radius 2 is 1.43 bits per heavy atom. The summed E-state index contributed by atoms with van der Waals surface area (Å²) >= 11 is 0. The van der Waals surface area contributed by atoms with Crippen molar-refractivity contribution in [3.05, 3.63) is 0 Å². The number of carboxylic acid groups (broad SMARTS) is 1. The summed E-state index contributed by atoms with van der Waals surface area (Å²) in [6, 6.07) is 0. The normalized spacial score (nSPS) is 7.79. The molecule has 0 aliphatic carbocycles. The van der Waals surface area contributed by atoms with Gasteiger partial charge in [-0.1, -0.05) is 39.0 Å². The maximum atomic E-state index is 10.1. The van der Waals surface area contributed by atoms with Crippen molar-refractivity contribution in [3.63, 3.8) is 0 Å². The number of carboxylic acids is 1. The Hall–Kier alpha value is 1.72. The van der Waals surface area contributed by atoms with Crippen LogP contribution in [0.15, 0.2) is 0 Å². The van der Waals surface area contributed by atoms with Crippen molar-refractivity contribution < 1.29 is 9.90 Å². The van der Waals surface area contributed by atoms with Gasteiger partial charge in [-0.2, -0.15) is 0 Å². The topological polar surface area (TPSA) is 37.3 Å². The van der Waals surface area contributed by atoms with E-state index in [1.54, 1.807) is 0 Å². The van der Waals surface area contributed by atoms with E-state index in [2.05, 4.69) is 6.92 Å². The molecule has 0 aromatic rings. The Kier molecular flexibility index (Phi) is 35.7. The molecule has 0 saturated carbocycles. The van der Waals surface area contributed by atoms with E-state index in [0.717, 1.165) is 12.8 Å². The van der Waals surface area contributed by atoms with Crippen LogP contribution in [0.2, 0.25) is 0 Å². The van der Waals surface area contributed by atoms with Crippen molar-refractivity contribution in [3.8, 4) is 0 Å². The average molecular weight is 544 g/mol. The van der Waals surface area contributed by atoms with E-state index >= 15 is 0 Å². The van der Waals surface area contributed by atoms with Crippen molar-refractivity contribution in [1.82, 2.24) is 0 Å². The Morgan fingerprint density at radius 3 is 1.86 bits per heavy atom. The molecular formula is C9H22I2O2Te. The van der Waals surface area contributed by atoms with Crippen LogP contribution in [0.5, 0.6) is 0 Å². The van der Waals surface area contributed by atoms with Crippen molar-refractivity contribution in [2.75, 3.05) is 0 Å². The Morgan fingerprint density at radius 1 is 1.00 bits per heavy atom. The summed E-state index contributed by atoms with van der Waals surface area (Å²) in [4.78, 5) is 10.1. The van der Waals surface area contributed by atoms with E-state index in [1.807, 2.05) is 0 Å². The summed E-state index contributed by atoms with van der Waals surface area (Å²) in [6.45, 7) is 2.18. The van der Waals surface area contributed by atoms with Gasteiger partial charge in [0, 0.05) is 6.42 Å². The molecule has 5 heteroatoms. The number of hydrogen-bond acceptors (Lipinski definition) is 1. The fourth-order valence-electron chi connectivity index (χ4n) is 1.06. The summed E-state index contributed by atoms with van der Waals surface area (Å²) in [7, 11) is 0. The number of hydrogen-bond donors (Lipinski definition) is 1. The Labute approximate surface area is 138 Å². The van der Waals surface area contributed by atoms with E-state index in [4.69, 9.17) is 5.11 Å². The number of unbranched alkanes of at least 4 members (excludes halogenated alkanes) is 5. The van der Waals surface area contributed by atoms with Crippen LogP contribution in [0.1, 0.15) is 51.9 Å². The van der Waals surface area contributed by atoms with Crippen LogP contribution >= 0.6 is 48.0 Å². The Bertz CT molecular complexity index is 113. The van der Waals surface area contributed by atoms with E-state index in [-0.39, 0.29) is 71.6 Å². The fraction of sp³-hybridized carbons (Fsp3) is 0.889. The van der Waals surface area contributed by atoms with Gasteiger partial charge in [0.2, 0.25) is 0 Å². The zero-order chi connectivity index (χ0) is 8.53. The molecule has 0 rings (SSSR count). The molecule has 90 valence electrons. The summed E-state index contributed by atoms with van der Waals surface area (Å²) < 4.78 is 0. The molecule has 0 unspecified atom stereocenters. The van der Waals surface area contributed by atoms with Crippen molar-refractivity contribution in [2.45, 2.75) is 51.9 Å². The molecule has 2 nitrogen and oxygen atoms in total. The number of carbonyl (C=O) groups is 1. The second-order valence-corrected chi connectivity index (χ2v) is 2.91.